The molecule has 0 saturated carbocycles. The van der Waals surface area contributed by atoms with Crippen LogP contribution < -0.4 is 5.73 Å². The summed E-state index contributed by atoms with van der Waals surface area (Å²) in [6.45, 7) is 3.74. The molecule has 0 bridgehead atoms. The Morgan fingerprint density at radius 2 is 2.16 bits per heavy atom. The number of carbonyl (C=O) groups excluding carboxylic acids is 1. The summed E-state index contributed by atoms with van der Waals surface area (Å²) in [4.78, 5) is 11.9. The standard InChI is InChI=1S/C13H26N2O3S/c1-11(9-14)5-6-13(16)8-12-4-3-7-15(10-12)19(2,17)18/h11-12H,3-10,14H2,1-2H3. The number of rotatable bonds is 7. The molecule has 1 aliphatic heterocycles. The Hall–Kier alpha value is -0.460. The topological polar surface area (TPSA) is 80.5 Å². The van der Waals surface area contributed by atoms with Crippen LogP contribution in [0.2, 0.25) is 0 Å². The van der Waals surface area contributed by atoms with Crippen molar-refractivity contribution in [3.63, 3.8) is 0 Å². The zero-order valence-corrected chi connectivity index (χ0v) is 12.8. The fourth-order valence-electron chi connectivity index (χ4n) is 2.44. The third kappa shape index (κ3) is 6.01. The number of hydrogen-bond acceptors (Lipinski definition) is 4. The summed E-state index contributed by atoms with van der Waals surface area (Å²) in [6.07, 6.45) is 4.93. The lowest BCUT2D eigenvalue weighted by molar-refractivity contribution is -0.120. The number of nitrogens with two attached hydrogens (primary N) is 1. The van der Waals surface area contributed by atoms with Gasteiger partial charge in [0.05, 0.1) is 6.26 Å². The van der Waals surface area contributed by atoms with E-state index < -0.39 is 10.0 Å². The second-order valence-electron chi connectivity index (χ2n) is 5.75. The van der Waals surface area contributed by atoms with E-state index in [-0.39, 0.29) is 11.7 Å². The normalized spacial score (nSPS) is 23.2. The Morgan fingerprint density at radius 1 is 1.47 bits per heavy atom. The van der Waals surface area contributed by atoms with E-state index in [0.717, 1.165) is 19.3 Å². The van der Waals surface area contributed by atoms with Gasteiger partial charge in [0, 0.05) is 25.9 Å². The smallest absolute Gasteiger partial charge is 0.211 e. The number of Topliss-reactive ketones (excluding diaryl/α,β-unsaturated/α-hetero) is 1. The summed E-state index contributed by atoms with van der Waals surface area (Å²) in [5.41, 5.74) is 5.52. The van der Waals surface area contributed by atoms with Gasteiger partial charge in [0.15, 0.2) is 0 Å². The molecule has 0 aromatic rings. The summed E-state index contributed by atoms with van der Waals surface area (Å²) in [7, 11) is -3.12. The second-order valence-corrected chi connectivity index (χ2v) is 7.73. The summed E-state index contributed by atoms with van der Waals surface area (Å²) < 4.78 is 24.5. The van der Waals surface area contributed by atoms with E-state index in [1.165, 1.54) is 10.6 Å². The van der Waals surface area contributed by atoms with Crippen LogP contribution in [0, 0.1) is 11.8 Å². The van der Waals surface area contributed by atoms with Gasteiger partial charge in [-0.3, -0.25) is 4.79 Å². The fraction of sp³-hybridized carbons (Fsp3) is 0.923. The molecule has 0 amide bonds. The van der Waals surface area contributed by atoms with Crippen LogP contribution in [-0.4, -0.2) is 44.4 Å². The molecule has 0 aromatic carbocycles. The molecule has 5 nitrogen and oxygen atoms in total. The van der Waals surface area contributed by atoms with Crippen LogP contribution in [0.15, 0.2) is 0 Å². The molecule has 0 aromatic heterocycles. The largest absolute Gasteiger partial charge is 0.330 e. The first-order valence-electron chi connectivity index (χ1n) is 6.99. The molecule has 0 spiro atoms. The summed E-state index contributed by atoms with van der Waals surface area (Å²) >= 11 is 0. The molecule has 2 atom stereocenters. The van der Waals surface area contributed by atoms with Gasteiger partial charge in [-0.15, -0.1) is 0 Å². The first kappa shape index (κ1) is 16.6. The number of nitrogens with zero attached hydrogens (tertiary/aromatic N) is 1. The molecular formula is C13H26N2O3S. The van der Waals surface area contributed by atoms with E-state index in [1.807, 2.05) is 6.92 Å². The van der Waals surface area contributed by atoms with Crippen molar-refractivity contribution >= 4 is 15.8 Å². The van der Waals surface area contributed by atoms with Crippen molar-refractivity contribution in [3.8, 4) is 0 Å². The van der Waals surface area contributed by atoms with Crippen molar-refractivity contribution in [2.45, 2.75) is 39.0 Å². The van der Waals surface area contributed by atoms with Gasteiger partial charge in [-0.05, 0) is 37.6 Å². The van der Waals surface area contributed by atoms with Crippen LogP contribution >= 0.6 is 0 Å². The monoisotopic (exact) mass is 290 g/mol. The highest BCUT2D eigenvalue weighted by Crippen LogP contribution is 2.22. The lowest BCUT2D eigenvalue weighted by atomic mass is 9.92. The Balaban J connectivity index is 2.38. The third-order valence-corrected chi connectivity index (χ3v) is 5.06. The van der Waals surface area contributed by atoms with E-state index >= 15 is 0 Å². The zero-order chi connectivity index (χ0) is 14.5. The van der Waals surface area contributed by atoms with Crippen molar-refractivity contribution in [3.05, 3.63) is 0 Å². The van der Waals surface area contributed by atoms with Gasteiger partial charge < -0.3 is 5.73 Å². The van der Waals surface area contributed by atoms with Gasteiger partial charge >= 0.3 is 0 Å². The van der Waals surface area contributed by atoms with Crippen molar-refractivity contribution in [2.24, 2.45) is 17.6 Å². The Morgan fingerprint density at radius 3 is 2.74 bits per heavy atom. The Labute approximate surface area is 116 Å². The maximum absolute atomic E-state index is 11.9. The minimum absolute atomic E-state index is 0.184. The first-order valence-corrected chi connectivity index (χ1v) is 8.84. The average Bonchev–Trinajstić information content (AvgIpc) is 2.35. The van der Waals surface area contributed by atoms with Gasteiger partial charge in [-0.1, -0.05) is 6.92 Å². The lowest BCUT2D eigenvalue weighted by Gasteiger charge is -2.30. The van der Waals surface area contributed by atoms with Crippen LogP contribution in [0.25, 0.3) is 0 Å². The van der Waals surface area contributed by atoms with E-state index in [9.17, 15) is 13.2 Å². The SMILES string of the molecule is CC(CN)CCC(=O)CC1CCCN(S(C)(=O)=O)C1. The highest BCUT2D eigenvalue weighted by atomic mass is 32.2. The van der Waals surface area contributed by atoms with E-state index in [0.29, 0.717) is 38.4 Å². The molecule has 0 aliphatic carbocycles. The quantitative estimate of drug-likeness (QED) is 0.758. The van der Waals surface area contributed by atoms with Gasteiger partial charge in [0.25, 0.3) is 0 Å². The molecule has 0 radical (unpaired) electrons. The molecular weight excluding hydrogens is 264 g/mol. The maximum Gasteiger partial charge on any atom is 0.211 e. The molecule has 6 heteroatoms. The minimum Gasteiger partial charge on any atom is -0.330 e. The highest BCUT2D eigenvalue weighted by molar-refractivity contribution is 7.88. The predicted octanol–water partition coefficient (Wildman–Crippen LogP) is 0.992. The number of sulfonamides is 1. The molecule has 1 saturated heterocycles. The lowest BCUT2D eigenvalue weighted by Crippen LogP contribution is -2.39. The minimum atomic E-state index is -3.12. The molecule has 1 fully saturated rings. The van der Waals surface area contributed by atoms with Crippen LogP contribution in [-0.2, 0) is 14.8 Å². The molecule has 112 valence electrons. The zero-order valence-electron chi connectivity index (χ0n) is 12.0. The van der Waals surface area contributed by atoms with Gasteiger partial charge in [0.1, 0.15) is 5.78 Å². The number of ketones is 1. The number of piperidine rings is 1. The van der Waals surface area contributed by atoms with Crippen molar-refractivity contribution in [2.75, 3.05) is 25.9 Å². The molecule has 1 rings (SSSR count). The average molecular weight is 290 g/mol. The summed E-state index contributed by atoms with van der Waals surface area (Å²) in [6, 6.07) is 0. The summed E-state index contributed by atoms with van der Waals surface area (Å²) in [5, 5.41) is 0. The third-order valence-electron chi connectivity index (χ3n) is 3.79. The van der Waals surface area contributed by atoms with Crippen molar-refractivity contribution in [1.82, 2.24) is 4.31 Å². The number of hydrogen-bond donors (Lipinski definition) is 1. The van der Waals surface area contributed by atoms with Crippen LogP contribution in [0.3, 0.4) is 0 Å². The Kier molecular flexibility index (Phi) is 6.42. The van der Waals surface area contributed by atoms with Crippen molar-refractivity contribution < 1.29 is 13.2 Å². The molecule has 19 heavy (non-hydrogen) atoms. The van der Waals surface area contributed by atoms with E-state index in [2.05, 4.69) is 0 Å². The predicted molar refractivity (Wildman–Crippen MR) is 76.2 cm³/mol. The van der Waals surface area contributed by atoms with Crippen LogP contribution in [0.1, 0.15) is 39.0 Å². The first-order chi connectivity index (χ1) is 8.82. The fourth-order valence-corrected chi connectivity index (χ4v) is 3.39. The van der Waals surface area contributed by atoms with Crippen molar-refractivity contribution in [1.29, 1.82) is 0 Å². The maximum atomic E-state index is 11.9. The number of carbonyl (C=O) groups is 1. The van der Waals surface area contributed by atoms with Gasteiger partial charge in [-0.2, -0.15) is 0 Å². The molecule has 1 aliphatic rings. The van der Waals surface area contributed by atoms with Crippen LogP contribution in [0.4, 0.5) is 0 Å². The van der Waals surface area contributed by atoms with Gasteiger partial charge in [0.2, 0.25) is 10.0 Å². The van der Waals surface area contributed by atoms with Crippen LogP contribution in [0.5, 0.6) is 0 Å². The molecule has 1 heterocycles. The second kappa shape index (κ2) is 7.36. The van der Waals surface area contributed by atoms with E-state index in [1.54, 1.807) is 0 Å². The van der Waals surface area contributed by atoms with Gasteiger partial charge in [-0.25, -0.2) is 12.7 Å². The van der Waals surface area contributed by atoms with E-state index in [4.69, 9.17) is 5.73 Å². The summed E-state index contributed by atoms with van der Waals surface area (Å²) in [5.74, 6) is 0.799. The molecule has 2 N–H and O–H groups in total. The molecule has 2 unspecified atom stereocenters. The highest BCUT2D eigenvalue weighted by Gasteiger charge is 2.27. The Bertz CT molecular complexity index is 395.